The third-order valence-corrected chi connectivity index (χ3v) is 10.2. The third-order valence-electron chi connectivity index (χ3n) is 7.23. The van der Waals surface area contributed by atoms with Crippen LogP contribution in [0.4, 0.5) is 0 Å². The van der Waals surface area contributed by atoms with Gasteiger partial charge in [0, 0.05) is 38.9 Å². The number of carbonyl (C=O) groups excluding carboxylic acids is 2. The van der Waals surface area contributed by atoms with Gasteiger partial charge in [0.15, 0.2) is 15.5 Å². The van der Waals surface area contributed by atoms with E-state index in [1.165, 1.54) is 4.68 Å². The van der Waals surface area contributed by atoms with Crippen molar-refractivity contribution in [2.24, 2.45) is 7.05 Å². The molecule has 184 valence electrons. The summed E-state index contributed by atoms with van der Waals surface area (Å²) >= 11 is 0. The second kappa shape index (κ2) is 8.77. The molecule has 0 radical (unpaired) electrons. The van der Waals surface area contributed by atoms with Crippen molar-refractivity contribution in [1.29, 1.82) is 5.26 Å². The molecule has 2 aliphatic heterocycles. The second-order valence-corrected chi connectivity index (χ2v) is 12.1. The molecule has 1 aromatic heterocycles. The van der Waals surface area contributed by atoms with E-state index < -0.39 is 19.8 Å². The van der Waals surface area contributed by atoms with Crippen molar-refractivity contribution in [1.82, 2.24) is 20.0 Å². The van der Waals surface area contributed by atoms with E-state index in [9.17, 15) is 18.0 Å². The number of nitriles is 1. The Morgan fingerprint density at radius 3 is 2.69 bits per heavy atom. The van der Waals surface area contributed by atoms with Gasteiger partial charge in [-0.3, -0.25) is 14.3 Å². The second-order valence-electron chi connectivity index (χ2n) is 9.48. The molecule has 1 saturated heterocycles. The summed E-state index contributed by atoms with van der Waals surface area (Å²) in [4.78, 5) is 27.8. The molecule has 35 heavy (non-hydrogen) atoms. The minimum absolute atomic E-state index is 0.162. The van der Waals surface area contributed by atoms with Crippen LogP contribution in [0.15, 0.2) is 24.3 Å². The lowest BCUT2D eigenvalue weighted by atomic mass is 10.0. The fourth-order valence-corrected chi connectivity index (χ4v) is 7.39. The zero-order valence-electron chi connectivity index (χ0n) is 19.5. The molecule has 1 aliphatic carbocycles. The Morgan fingerprint density at radius 2 is 2.06 bits per heavy atom. The lowest BCUT2D eigenvalue weighted by molar-refractivity contribution is 0.0724. The predicted octanol–water partition coefficient (Wildman–Crippen LogP) is 0.956. The van der Waals surface area contributed by atoms with E-state index in [2.05, 4.69) is 16.5 Å². The Balaban J connectivity index is 1.29. The van der Waals surface area contributed by atoms with Crippen LogP contribution in [0.3, 0.4) is 0 Å². The quantitative estimate of drug-likeness (QED) is 0.602. The average molecular weight is 498 g/mol. The highest BCUT2D eigenvalue weighted by molar-refractivity contribution is 7.93. The highest BCUT2D eigenvalue weighted by Gasteiger charge is 2.59. The van der Waals surface area contributed by atoms with Gasteiger partial charge in [-0.25, -0.2) is 8.42 Å². The molecule has 3 aliphatic rings. The smallest absolute Gasteiger partial charge is 0.272 e. The standard InChI is InChI=1S/C24H27N5O5S/c1-28-21-19(20(27-28)22(30)26-13-17-4-2-16(12-25)3-5-17)6-10-29(23(21)31)15-24(8-9-24)35(32,33)18-7-11-34-14-18/h2-5,18H,6-11,13-15H2,1H3,(H,26,30). The zero-order valence-corrected chi connectivity index (χ0v) is 20.3. The van der Waals surface area contributed by atoms with E-state index in [1.807, 2.05) is 0 Å². The van der Waals surface area contributed by atoms with Gasteiger partial charge in [-0.1, -0.05) is 12.1 Å². The van der Waals surface area contributed by atoms with Crippen LogP contribution in [0, 0.1) is 11.3 Å². The number of nitrogens with zero attached hydrogens (tertiary/aromatic N) is 4. The molecule has 2 amide bonds. The van der Waals surface area contributed by atoms with Crippen LogP contribution in [-0.2, 0) is 34.6 Å². The van der Waals surface area contributed by atoms with E-state index in [-0.39, 0.29) is 37.2 Å². The van der Waals surface area contributed by atoms with Gasteiger partial charge < -0.3 is 15.0 Å². The molecule has 0 bridgehead atoms. The summed E-state index contributed by atoms with van der Waals surface area (Å²) in [6, 6.07) is 8.97. The first-order valence-electron chi connectivity index (χ1n) is 11.7. The number of sulfone groups is 1. The molecule has 10 nitrogen and oxygen atoms in total. The Bertz CT molecular complexity index is 1320. The van der Waals surface area contributed by atoms with Gasteiger partial charge in [-0.2, -0.15) is 10.4 Å². The van der Waals surface area contributed by atoms with Gasteiger partial charge in [0.1, 0.15) is 5.69 Å². The predicted molar refractivity (Wildman–Crippen MR) is 125 cm³/mol. The number of hydrogen-bond acceptors (Lipinski definition) is 7. The van der Waals surface area contributed by atoms with Gasteiger partial charge >= 0.3 is 0 Å². The van der Waals surface area contributed by atoms with Crippen LogP contribution in [0.25, 0.3) is 0 Å². The van der Waals surface area contributed by atoms with Gasteiger partial charge in [-0.05, 0) is 43.4 Å². The molecule has 1 atom stereocenters. The van der Waals surface area contributed by atoms with Crippen molar-refractivity contribution in [3.05, 3.63) is 52.3 Å². The van der Waals surface area contributed by atoms with Crippen LogP contribution >= 0.6 is 0 Å². The molecule has 3 heterocycles. The van der Waals surface area contributed by atoms with Crippen LogP contribution in [0.1, 0.15) is 56.9 Å². The highest BCUT2D eigenvalue weighted by Crippen LogP contribution is 2.47. The first-order valence-corrected chi connectivity index (χ1v) is 13.2. The Morgan fingerprint density at radius 1 is 1.31 bits per heavy atom. The van der Waals surface area contributed by atoms with Crippen LogP contribution in [0.5, 0.6) is 0 Å². The molecular formula is C24H27N5O5S. The first-order chi connectivity index (χ1) is 16.8. The maximum atomic E-state index is 13.4. The van der Waals surface area contributed by atoms with E-state index >= 15 is 0 Å². The summed E-state index contributed by atoms with van der Waals surface area (Å²) in [5, 5.41) is 15.6. The molecule has 1 N–H and O–H groups in total. The number of rotatable bonds is 7. The Kier molecular flexibility index (Phi) is 5.89. The minimum atomic E-state index is -3.41. The molecule has 1 unspecified atom stereocenters. The number of ether oxygens (including phenoxy) is 1. The first kappa shape index (κ1) is 23.5. The van der Waals surface area contributed by atoms with E-state index in [0.717, 1.165) is 5.56 Å². The lowest BCUT2D eigenvalue weighted by Gasteiger charge is -2.31. The number of amides is 2. The normalized spacial score (nSPS) is 20.9. The molecule has 0 spiro atoms. The highest BCUT2D eigenvalue weighted by atomic mass is 32.2. The Labute approximate surface area is 203 Å². The summed E-state index contributed by atoms with van der Waals surface area (Å²) in [5.74, 6) is -0.675. The van der Waals surface area contributed by atoms with Crippen molar-refractivity contribution in [2.75, 3.05) is 26.3 Å². The maximum Gasteiger partial charge on any atom is 0.272 e. The number of fused-ring (bicyclic) bond motifs is 1. The van der Waals surface area contributed by atoms with Crippen LogP contribution < -0.4 is 5.32 Å². The number of hydrogen-bond donors (Lipinski definition) is 1. The monoisotopic (exact) mass is 497 g/mol. The van der Waals surface area contributed by atoms with E-state index in [0.29, 0.717) is 55.7 Å². The number of nitrogens with one attached hydrogen (secondary N) is 1. The molecule has 2 fully saturated rings. The Hall–Kier alpha value is -3.23. The van der Waals surface area contributed by atoms with Gasteiger partial charge in [0.2, 0.25) is 0 Å². The van der Waals surface area contributed by atoms with Crippen molar-refractivity contribution in [3.63, 3.8) is 0 Å². The fraction of sp³-hybridized carbons (Fsp3) is 0.500. The number of carbonyl (C=O) groups is 2. The summed E-state index contributed by atoms with van der Waals surface area (Å²) in [6.07, 6.45) is 2.04. The molecular weight excluding hydrogens is 470 g/mol. The lowest BCUT2D eigenvalue weighted by Crippen LogP contribution is -2.48. The van der Waals surface area contributed by atoms with Gasteiger partial charge in [0.05, 0.1) is 28.2 Å². The largest absolute Gasteiger partial charge is 0.380 e. The van der Waals surface area contributed by atoms with Crippen molar-refractivity contribution >= 4 is 21.7 Å². The van der Waals surface area contributed by atoms with Crippen LogP contribution in [-0.4, -0.2) is 71.2 Å². The summed E-state index contributed by atoms with van der Waals surface area (Å²) in [6.45, 7) is 1.45. The van der Waals surface area contributed by atoms with Crippen LogP contribution in [0.2, 0.25) is 0 Å². The fourth-order valence-electron chi connectivity index (χ4n) is 5.00. The summed E-state index contributed by atoms with van der Waals surface area (Å²) < 4.78 is 32.3. The average Bonchev–Trinajstić information content (AvgIpc) is 3.27. The topological polar surface area (TPSA) is 134 Å². The molecule has 1 saturated carbocycles. The zero-order chi connectivity index (χ0) is 24.8. The molecule has 2 aromatic rings. The van der Waals surface area contributed by atoms with Crippen molar-refractivity contribution in [3.8, 4) is 6.07 Å². The molecule has 5 rings (SSSR count). The molecule has 1 aromatic carbocycles. The number of aryl methyl sites for hydroxylation is 1. The SMILES string of the molecule is Cn1nc(C(=O)NCc2ccc(C#N)cc2)c2c1C(=O)N(CC1(S(=O)(=O)C3CCOC3)CC1)CC2. The van der Waals surface area contributed by atoms with Gasteiger partial charge in [0.25, 0.3) is 11.8 Å². The number of aromatic nitrogens is 2. The molecule has 11 heteroatoms. The van der Waals surface area contributed by atoms with Crippen molar-refractivity contribution in [2.45, 2.75) is 42.2 Å². The third kappa shape index (κ3) is 4.10. The van der Waals surface area contributed by atoms with Crippen molar-refractivity contribution < 1.29 is 22.7 Å². The maximum absolute atomic E-state index is 13.4. The number of benzene rings is 1. The summed E-state index contributed by atoms with van der Waals surface area (Å²) in [5.41, 5.74) is 2.51. The summed E-state index contributed by atoms with van der Waals surface area (Å²) in [7, 11) is -1.78. The van der Waals surface area contributed by atoms with E-state index in [4.69, 9.17) is 10.00 Å². The van der Waals surface area contributed by atoms with E-state index in [1.54, 1.807) is 36.2 Å². The van der Waals surface area contributed by atoms with Gasteiger partial charge in [-0.15, -0.1) is 0 Å². The minimum Gasteiger partial charge on any atom is -0.380 e.